The molecule has 1 N–H and O–H groups in total. The number of amides is 1. The highest BCUT2D eigenvalue weighted by Crippen LogP contribution is 2.28. The molecule has 23 heavy (non-hydrogen) atoms. The fraction of sp³-hybridized carbons (Fsp3) is 0.632. The van der Waals surface area contributed by atoms with Gasteiger partial charge in [0.25, 0.3) is 0 Å². The third-order valence-electron chi connectivity index (χ3n) is 4.54. The Kier molecular flexibility index (Phi) is 5.69. The van der Waals surface area contributed by atoms with Crippen LogP contribution in [0.25, 0.3) is 0 Å². The lowest BCUT2D eigenvalue weighted by molar-refractivity contribution is 0.0492. The lowest BCUT2D eigenvalue weighted by Gasteiger charge is -2.27. The fourth-order valence-electron chi connectivity index (χ4n) is 3.13. The van der Waals surface area contributed by atoms with E-state index in [4.69, 9.17) is 4.74 Å². The summed E-state index contributed by atoms with van der Waals surface area (Å²) in [5, 5.41) is 2.99. The molecule has 2 rings (SSSR count). The number of nitrogens with zero attached hydrogens (tertiary/aromatic N) is 1. The van der Waals surface area contributed by atoms with Gasteiger partial charge in [0.15, 0.2) is 0 Å². The average Bonchev–Trinajstić information content (AvgIpc) is 2.95. The molecule has 0 saturated carbocycles. The van der Waals surface area contributed by atoms with Crippen LogP contribution in [0.3, 0.4) is 0 Å². The van der Waals surface area contributed by atoms with Crippen molar-refractivity contribution in [2.24, 2.45) is 5.92 Å². The van der Waals surface area contributed by atoms with Gasteiger partial charge < -0.3 is 10.1 Å². The maximum absolute atomic E-state index is 11.9. The molecule has 1 saturated heterocycles. The van der Waals surface area contributed by atoms with E-state index in [0.717, 1.165) is 19.5 Å². The maximum Gasteiger partial charge on any atom is 0.407 e. The molecule has 0 bridgehead atoms. The van der Waals surface area contributed by atoms with Gasteiger partial charge in [0, 0.05) is 18.6 Å². The van der Waals surface area contributed by atoms with Crippen molar-refractivity contribution < 1.29 is 9.53 Å². The second-order valence-electron chi connectivity index (χ2n) is 7.57. The monoisotopic (exact) mass is 318 g/mol. The molecule has 1 fully saturated rings. The predicted octanol–water partition coefficient (Wildman–Crippen LogP) is 3.98. The van der Waals surface area contributed by atoms with Crippen LogP contribution in [-0.2, 0) is 4.74 Å². The van der Waals surface area contributed by atoms with Crippen molar-refractivity contribution in [3.63, 3.8) is 0 Å². The van der Waals surface area contributed by atoms with Crippen LogP contribution in [0.5, 0.6) is 0 Å². The van der Waals surface area contributed by atoms with E-state index in [0.29, 0.717) is 12.0 Å². The van der Waals surface area contributed by atoms with Gasteiger partial charge in [0.1, 0.15) is 5.60 Å². The summed E-state index contributed by atoms with van der Waals surface area (Å²) < 4.78 is 5.35. The fourth-order valence-corrected chi connectivity index (χ4v) is 3.13. The largest absolute Gasteiger partial charge is 0.444 e. The minimum atomic E-state index is -0.451. The number of alkyl carbamates (subject to hydrolysis) is 1. The molecule has 1 aromatic rings. The minimum absolute atomic E-state index is 0.123. The van der Waals surface area contributed by atoms with Crippen LogP contribution in [0.4, 0.5) is 4.79 Å². The third kappa shape index (κ3) is 5.24. The van der Waals surface area contributed by atoms with Gasteiger partial charge in [0.2, 0.25) is 0 Å². The molecule has 0 spiro atoms. The molecule has 0 aliphatic carbocycles. The summed E-state index contributed by atoms with van der Waals surface area (Å²) in [6.07, 6.45) is 0.785. The Bertz CT molecular complexity index is 510. The number of carbonyl (C=O) groups is 1. The molecule has 1 aromatic carbocycles. The quantitative estimate of drug-likeness (QED) is 0.913. The molecule has 128 valence electrons. The highest BCUT2D eigenvalue weighted by atomic mass is 16.6. The van der Waals surface area contributed by atoms with E-state index in [-0.39, 0.29) is 12.1 Å². The Morgan fingerprint density at radius 2 is 1.91 bits per heavy atom. The first kappa shape index (κ1) is 17.8. The zero-order valence-corrected chi connectivity index (χ0v) is 15.0. The van der Waals surface area contributed by atoms with E-state index in [1.54, 1.807) is 0 Å². The number of rotatable bonds is 4. The van der Waals surface area contributed by atoms with Crippen molar-refractivity contribution in [1.82, 2.24) is 10.2 Å². The van der Waals surface area contributed by atoms with Crippen molar-refractivity contribution in [2.45, 2.75) is 58.7 Å². The highest BCUT2D eigenvalue weighted by Gasteiger charge is 2.31. The summed E-state index contributed by atoms with van der Waals surface area (Å²) in [6.45, 7) is 12.1. The minimum Gasteiger partial charge on any atom is -0.444 e. The molecule has 1 aliphatic rings. The Hall–Kier alpha value is -1.55. The molecule has 3 atom stereocenters. The molecule has 1 heterocycles. The SMILES string of the molecule is C[C@H](NC(=O)OC(C)(C)C)[C@H]1CCN([C@@H](C)c2ccccc2)C1. The van der Waals surface area contributed by atoms with Crippen molar-refractivity contribution in [3.05, 3.63) is 35.9 Å². The molecule has 0 radical (unpaired) electrons. The van der Waals surface area contributed by atoms with Crippen molar-refractivity contribution >= 4 is 6.09 Å². The molecule has 1 aliphatic heterocycles. The number of carbonyl (C=O) groups excluding carboxylic acids is 1. The van der Waals surface area contributed by atoms with Crippen LogP contribution in [0.1, 0.15) is 52.6 Å². The summed E-state index contributed by atoms with van der Waals surface area (Å²) in [5.74, 6) is 0.466. The second-order valence-corrected chi connectivity index (χ2v) is 7.57. The van der Waals surface area contributed by atoms with Gasteiger partial charge in [-0.25, -0.2) is 4.79 Å². The first-order valence-electron chi connectivity index (χ1n) is 8.55. The standard InChI is InChI=1S/C19H30N2O2/c1-14(20-18(22)23-19(3,4)5)17-11-12-21(13-17)15(2)16-9-7-6-8-10-16/h6-10,14-15,17H,11-13H2,1-5H3,(H,20,22)/t14-,15-,17-/m0/s1. The average molecular weight is 318 g/mol. The number of benzene rings is 1. The smallest absolute Gasteiger partial charge is 0.407 e. The van der Waals surface area contributed by atoms with E-state index in [9.17, 15) is 4.79 Å². The summed E-state index contributed by atoms with van der Waals surface area (Å²) >= 11 is 0. The van der Waals surface area contributed by atoms with E-state index < -0.39 is 5.60 Å². The zero-order valence-electron chi connectivity index (χ0n) is 15.0. The molecule has 4 heteroatoms. The summed E-state index contributed by atoms with van der Waals surface area (Å²) in [4.78, 5) is 14.4. The van der Waals surface area contributed by atoms with Gasteiger partial charge >= 0.3 is 6.09 Å². The van der Waals surface area contributed by atoms with E-state index in [1.807, 2.05) is 20.8 Å². The topological polar surface area (TPSA) is 41.6 Å². The maximum atomic E-state index is 11.9. The van der Waals surface area contributed by atoms with Crippen LogP contribution in [0.15, 0.2) is 30.3 Å². The number of hydrogen-bond donors (Lipinski definition) is 1. The number of ether oxygens (including phenoxy) is 1. The van der Waals surface area contributed by atoms with Crippen molar-refractivity contribution in [3.8, 4) is 0 Å². The molecule has 0 aromatic heterocycles. The Morgan fingerprint density at radius 1 is 1.26 bits per heavy atom. The van der Waals surface area contributed by atoms with E-state index in [2.05, 4.69) is 54.4 Å². The zero-order chi connectivity index (χ0) is 17.0. The van der Waals surface area contributed by atoms with Crippen molar-refractivity contribution in [2.75, 3.05) is 13.1 Å². The van der Waals surface area contributed by atoms with Gasteiger partial charge in [-0.3, -0.25) is 4.90 Å². The first-order chi connectivity index (χ1) is 10.8. The van der Waals surface area contributed by atoms with Crippen LogP contribution >= 0.6 is 0 Å². The summed E-state index contributed by atoms with van der Waals surface area (Å²) in [6, 6.07) is 11.1. The number of nitrogens with one attached hydrogen (secondary N) is 1. The highest BCUT2D eigenvalue weighted by molar-refractivity contribution is 5.68. The second kappa shape index (κ2) is 7.35. The Balaban J connectivity index is 1.86. The lowest BCUT2D eigenvalue weighted by atomic mass is 10.0. The molecular formula is C19H30N2O2. The van der Waals surface area contributed by atoms with Crippen LogP contribution in [-0.4, -0.2) is 35.7 Å². The van der Waals surface area contributed by atoms with Crippen molar-refractivity contribution in [1.29, 1.82) is 0 Å². The van der Waals surface area contributed by atoms with Crippen LogP contribution < -0.4 is 5.32 Å². The summed E-state index contributed by atoms with van der Waals surface area (Å²) in [5.41, 5.74) is 0.897. The van der Waals surface area contributed by atoms with Crippen LogP contribution in [0, 0.1) is 5.92 Å². The Labute approximate surface area is 140 Å². The molecule has 4 nitrogen and oxygen atoms in total. The third-order valence-corrected chi connectivity index (χ3v) is 4.54. The predicted molar refractivity (Wildman–Crippen MR) is 93.4 cm³/mol. The van der Waals surface area contributed by atoms with Gasteiger partial charge in [-0.2, -0.15) is 0 Å². The van der Waals surface area contributed by atoms with Gasteiger partial charge in [0.05, 0.1) is 0 Å². The van der Waals surface area contributed by atoms with Crippen LogP contribution in [0.2, 0.25) is 0 Å². The summed E-state index contributed by atoms with van der Waals surface area (Å²) in [7, 11) is 0. The Morgan fingerprint density at radius 3 is 2.52 bits per heavy atom. The first-order valence-corrected chi connectivity index (χ1v) is 8.55. The number of likely N-dealkylation sites (tertiary alicyclic amines) is 1. The van der Waals surface area contributed by atoms with Gasteiger partial charge in [-0.05, 0) is 59.1 Å². The normalized spacial score (nSPS) is 21.7. The molecular weight excluding hydrogens is 288 g/mol. The van der Waals surface area contributed by atoms with Gasteiger partial charge in [-0.15, -0.1) is 0 Å². The van der Waals surface area contributed by atoms with E-state index >= 15 is 0 Å². The lowest BCUT2D eigenvalue weighted by Crippen LogP contribution is -2.42. The molecule has 1 amide bonds. The van der Waals surface area contributed by atoms with Gasteiger partial charge in [-0.1, -0.05) is 30.3 Å². The molecule has 0 unspecified atom stereocenters. The number of hydrogen-bond acceptors (Lipinski definition) is 3. The van der Waals surface area contributed by atoms with E-state index in [1.165, 1.54) is 5.56 Å².